The second kappa shape index (κ2) is 9.81. The zero-order chi connectivity index (χ0) is 22.6. The monoisotopic (exact) mass is 447 g/mol. The van der Waals surface area contributed by atoms with Crippen LogP contribution in [-0.4, -0.2) is 26.4 Å². The van der Waals surface area contributed by atoms with Crippen molar-refractivity contribution in [2.45, 2.75) is 96.1 Å². The standard InChI is InChI=1S/C15H19N5O.C6H10F2.C3H6/c16-6-12-9-20-13(19-12)1-10(8-18-20)7-17-14(21)5-15-2-11(3-15)4-15;7-6(8)4-2-1-3-5-6;1-2-3-1/h1,8-9,11H,2-7,16H2,(H,17,21);1-5H2;1-3H2. The van der Waals surface area contributed by atoms with Gasteiger partial charge in [-0.05, 0) is 55.1 Å². The minimum absolute atomic E-state index is 0.118. The number of aromatic nitrogens is 3. The van der Waals surface area contributed by atoms with E-state index >= 15 is 0 Å². The van der Waals surface area contributed by atoms with Gasteiger partial charge in [0.05, 0.1) is 18.1 Å². The molecule has 3 N–H and O–H groups in total. The highest BCUT2D eigenvalue weighted by molar-refractivity contribution is 5.77. The second-order valence-corrected chi connectivity index (χ2v) is 10.0. The van der Waals surface area contributed by atoms with Crippen LogP contribution in [0.15, 0.2) is 18.5 Å². The summed E-state index contributed by atoms with van der Waals surface area (Å²) in [4.78, 5) is 16.4. The molecule has 5 fully saturated rings. The molecule has 0 aliphatic heterocycles. The first-order chi connectivity index (χ1) is 15.4. The molecule has 5 aliphatic carbocycles. The summed E-state index contributed by atoms with van der Waals surface area (Å²) in [6, 6.07) is 1.94. The van der Waals surface area contributed by atoms with Crippen LogP contribution in [0.1, 0.15) is 88.3 Å². The summed E-state index contributed by atoms with van der Waals surface area (Å²) in [7, 11) is 0. The molecule has 2 aromatic heterocycles. The zero-order valence-electron chi connectivity index (χ0n) is 18.8. The zero-order valence-corrected chi connectivity index (χ0v) is 18.8. The van der Waals surface area contributed by atoms with Gasteiger partial charge in [-0.3, -0.25) is 4.79 Å². The van der Waals surface area contributed by atoms with Crippen molar-refractivity contribution in [3.8, 4) is 0 Å². The first kappa shape index (κ1) is 23.1. The van der Waals surface area contributed by atoms with Crippen molar-refractivity contribution >= 4 is 11.6 Å². The predicted octanol–water partition coefficient (Wildman–Crippen LogP) is 4.75. The Bertz CT molecular complexity index is 898. The molecule has 0 saturated heterocycles. The number of rotatable bonds is 5. The molecule has 5 saturated carbocycles. The van der Waals surface area contributed by atoms with Crippen molar-refractivity contribution in [1.29, 1.82) is 0 Å². The molecule has 32 heavy (non-hydrogen) atoms. The molecule has 0 atom stereocenters. The van der Waals surface area contributed by atoms with Crippen molar-refractivity contribution in [3.63, 3.8) is 0 Å². The van der Waals surface area contributed by atoms with E-state index in [1.165, 1.54) is 38.5 Å². The molecule has 6 nitrogen and oxygen atoms in total. The topological polar surface area (TPSA) is 85.3 Å². The average Bonchev–Trinajstić information content (AvgIpc) is 3.54. The quantitative estimate of drug-likeness (QED) is 0.693. The fourth-order valence-electron chi connectivity index (χ4n) is 4.71. The number of nitrogens with zero attached hydrogens (tertiary/aromatic N) is 3. The lowest BCUT2D eigenvalue weighted by Crippen LogP contribution is -2.53. The highest BCUT2D eigenvalue weighted by atomic mass is 19.3. The number of amides is 1. The summed E-state index contributed by atoms with van der Waals surface area (Å²) in [6.45, 7) is 0.908. The molecule has 0 radical (unpaired) electrons. The predicted molar refractivity (Wildman–Crippen MR) is 119 cm³/mol. The number of nitrogens with two attached hydrogens (primary N) is 1. The van der Waals surface area contributed by atoms with Crippen LogP contribution >= 0.6 is 0 Å². The highest BCUT2D eigenvalue weighted by Crippen LogP contribution is 2.66. The first-order valence-electron chi connectivity index (χ1n) is 12.0. The lowest BCUT2D eigenvalue weighted by molar-refractivity contribution is -0.144. The van der Waals surface area contributed by atoms with Gasteiger partial charge in [0.25, 0.3) is 0 Å². The van der Waals surface area contributed by atoms with E-state index in [2.05, 4.69) is 15.4 Å². The summed E-state index contributed by atoms with van der Waals surface area (Å²) < 4.78 is 26.1. The fraction of sp³-hybridized carbons (Fsp3) is 0.708. The average molecular weight is 448 g/mol. The van der Waals surface area contributed by atoms with Gasteiger partial charge in [0, 0.05) is 32.4 Å². The molecule has 0 aromatic carbocycles. The van der Waals surface area contributed by atoms with E-state index in [0.717, 1.165) is 29.2 Å². The number of hydrogen-bond acceptors (Lipinski definition) is 4. The number of imidazole rings is 1. The summed E-state index contributed by atoms with van der Waals surface area (Å²) >= 11 is 0. The van der Waals surface area contributed by atoms with Gasteiger partial charge >= 0.3 is 0 Å². The van der Waals surface area contributed by atoms with Gasteiger partial charge in [-0.2, -0.15) is 5.10 Å². The maximum atomic E-state index is 12.2. The van der Waals surface area contributed by atoms with Crippen LogP contribution in [0.25, 0.3) is 5.65 Å². The van der Waals surface area contributed by atoms with Crippen molar-refractivity contribution < 1.29 is 13.6 Å². The maximum Gasteiger partial charge on any atom is 0.248 e. The van der Waals surface area contributed by atoms with E-state index in [-0.39, 0.29) is 18.7 Å². The molecule has 8 heteroatoms. The number of hydrogen-bond donors (Lipinski definition) is 2. The highest BCUT2D eigenvalue weighted by Gasteiger charge is 2.56. The lowest BCUT2D eigenvalue weighted by atomic mass is 9.43. The smallest absolute Gasteiger partial charge is 0.248 e. The minimum Gasteiger partial charge on any atom is -0.352 e. The van der Waals surface area contributed by atoms with Crippen LogP contribution < -0.4 is 11.1 Å². The van der Waals surface area contributed by atoms with Gasteiger partial charge in [-0.25, -0.2) is 18.3 Å². The normalized spacial score (nSPS) is 26.4. The third-order valence-corrected chi connectivity index (χ3v) is 6.76. The SMILES string of the molecule is C1CC1.FC1(F)CCCCC1.NCc1cn2ncc(CNC(=O)CC34CC(C3)C4)cc2n1. The molecular formula is C24H35F2N5O. The molecule has 0 unspecified atom stereocenters. The van der Waals surface area contributed by atoms with Gasteiger partial charge in [0.2, 0.25) is 11.8 Å². The van der Waals surface area contributed by atoms with Crippen molar-refractivity contribution in [1.82, 2.24) is 19.9 Å². The van der Waals surface area contributed by atoms with Gasteiger partial charge in [-0.15, -0.1) is 0 Å². The third kappa shape index (κ3) is 6.24. The first-order valence-corrected chi connectivity index (χ1v) is 12.0. The van der Waals surface area contributed by atoms with Crippen LogP contribution in [0.2, 0.25) is 0 Å². The summed E-state index contributed by atoms with van der Waals surface area (Å²) in [5.41, 5.74) is 8.47. The van der Waals surface area contributed by atoms with E-state index in [9.17, 15) is 13.6 Å². The Hall–Kier alpha value is -2.09. The van der Waals surface area contributed by atoms with Gasteiger partial charge in [-0.1, -0.05) is 25.7 Å². The van der Waals surface area contributed by atoms with Crippen molar-refractivity contribution in [2.24, 2.45) is 17.1 Å². The van der Waals surface area contributed by atoms with Gasteiger partial charge < -0.3 is 11.1 Å². The van der Waals surface area contributed by atoms with E-state index < -0.39 is 5.92 Å². The Morgan fingerprint density at radius 1 is 1.12 bits per heavy atom. The molecule has 2 aromatic rings. The molecular weight excluding hydrogens is 412 g/mol. The summed E-state index contributed by atoms with van der Waals surface area (Å²) in [5, 5.41) is 7.28. The van der Waals surface area contributed by atoms with Gasteiger partial charge in [0.15, 0.2) is 5.65 Å². The molecule has 2 bridgehead atoms. The summed E-state index contributed by atoms with van der Waals surface area (Å²) in [6.07, 6.45) is 15.2. The molecule has 5 aliphatic rings. The third-order valence-electron chi connectivity index (χ3n) is 6.76. The molecule has 176 valence electrons. The van der Waals surface area contributed by atoms with Crippen molar-refractivity contribution in [2.75, 3.05) is 0 Å². The van der Waals surface area contributed by atoms with Crippen LogP contribution in [0.5, 0.6) is 0 Å². The van der Waals surface area contributed by atoms with Crippen molar-refractivity contribution in [3.05, 3.63) is 29.7 Å². The number of carbonyl (C=O) groups excluding carboxylic acids is 1. The van der Waals surface area contributed by atoms with E-state index in [1.807, 2.05) is 12.3 Å². The van der Waals surface area contributed by atoms with E-state index in [4.69, 9.17) is 5.73 Å². The molecule has 2 heterocycles. The molecule has 7 rings (SSSR count). The molecule has 0 spiro atoms. The fourth-order valence-corrected chi connectivity index (χ4v) is 4.71. The number of carbonyl (C=O) groups is 1. The minimum atomic E-state index is -2.32. The second-order valence-electron chi connectivity index (χ2n) is 10.0. The number of nitrogens with one attached hydrogen (secondary N) is 1. The Morgan fingerprint density at radius 3 is 2.28 bits per heavy atom. The Labute approximate surface area is 188 Å². The Kier molecular flexibility index (Phi) is 7.08. The van der Waals surface area contributed by atoms with Crippen LogP contribution in [0, 0.1) is 11.3 Å². The van der Waals surface area contributed by atoms with E-state index in [1.54, 1.807) is 10.7 Å². The van der Waals surface area contributed by atoms with Crippen LogP contribution in [0.3, 0.4) is 0 Å². The van der Waals surface area contributed by atoms with Crippen LogP contribution in [0.4, 0.5) is 8.78 Å². The summed E-state index contributed by atoms with van der Waals surface area (Å²) in [5.74, 6) is -1.25. The number of alkyl halides is 2. The molecule has 1 amide bonds. The van der Waals surface area contributed by atoms with Gasteiger partial charge in [0.1, 0.15) is 0 Å². The van der Waals surface area contributed by atoms with Crippen LogP contribution in [-0.2, 0) is 17.9 Å². The lowest BCUT2D eigenvalue weighted by Gasteiger charge is -2.61. The number of fused-ring (bicyclic) bond motifs is 1. The largest absolute Gasteiger partial charge is 0.352 e. The number of halogens is 2. The maximum absolute atomic E-state index is 12.2. The van der Waals surface area contributed by atoms with E-state index in [0.29, 0.717) is 37.8 Å². The Morgan fingerprint density at radius 2 is 1.78 bits per heavy atom. The Balaban J connectivity index is 0.000000183.